The van der Waals surface area contributed by atoms with Gasteiger partial charge in [-0.3, -0.25) is 14.8 Å². The maximum Gasteiger partial charge on any atom is 0.101 e. The molecule has 0 bridgehead atoms. The normalized spacial score (nSPS) is 23.4. The van der Waals surface area contributed by atoms with Crippen LogP contribution in [-0.2, 0) is 19.5 Å². The van der Waals surface area contributed by atoms with Crippen LogP contribution >= 0.6 is 0 Å². The Balaban J connectivity index is 1.21. The van der Waals surface area contributed by atoms with Gasteiger partial charge >= 0.3 is 0 Å². The monoisotopic (exact) mass is 452 g/mol. The summed E-state index contributed by atoms with van der Waals surface area (Å²) in [5, 5.41) is 14.1. The quantitative estimate of drug-likeness (QED) is 0.659. The number of hydrogen-bond acceptors (Lipinski definition) is 6. The lowest BCUT2D eigenvalue weighted by Gasteiger charge is -2.51. The summed E-state index contributed by atoms with van der Waals surface area (Å²) >= 11 is 0. The van der Waals surface area contributed by atoms with Gasteiger partial charge in [0.1, 0.15) is 6.07 Å². The van der Waals surface area contributed by atoms with E-state index in [4.69, 9.17) is 0 Å². The number of benzene rings is 2. The van der Waals surface area contributed by atoms with Crippen LogP contribution < -0.4 is 10.2 Å². The Bertz CT molecular complexity index is 1250. The molecule has 1 aromatic heterocycles. The first kappa shape index (κ1) is 21.5. The lowest BCUT2D eigenvalue weighted by molar-refractivity contribution is 0.0317. The molecule has 0 amide bonds. The van der Waals surface area contributed by atoms with Gasteiger partial charge in [0, 0.05) is 75.2 Å². The average Bonchev–Trinajstić information content (AvgIpc) is 2.87. The Labute approximate surface area is 201 Å². The average molecular weight is 453 g/mol. The molecule has 0 aliphatic carbocycles. The second-order valence-electron chi connectivity index (χ2n) is 10.1. The lowest BCUT2D eigenvalue weighted by atomic mass is 9.97. The highest BCUT2D eigenvalue weighted by Gasteiger charge is 2.36. The Morgan fingerprint density at radius 3 is 2.94 bits per heavy atom. The zero-order valence-corrected chi connectivity index (χ0v) is 19.9. The van der Waals surface area contributed by atoms with Gasteiger partial charge < -0.3 is 10.2 Å². The maximum absolute atomic E-state index is 9.53. The van der Waals surface area contributed by atoms with Gasteiger partial charge in [-0.1, -0.05) is 18.2 Å². The summed E-state index contributed by atoms with van der Waals surface area (Å²) in [4.78, 5) is 12.4. The van der Waals surface area contributed by atoms with Gasteiger partial charge in [0.05, 0.1) is 11.1 Å². The number of rotatable bonds is 3. The molecule has 34 heavy (non-hydrogen) atoms. The Morgan fingerprint density at radius 2 is 2.03 bits per heavy atom. The maximum atomic E-state index is 9.53. The first-order chi connectivity index (χ1) is 16.7. The van der Waals surface area contributed by atoms with Crippen LogP contribution in [0.25, 0.3) is 10.9 Å². The van der Waals surface area contributed by atoms with E-state index in [2.05, 4.69) is 68.3 Å². The minimum absolute atomic E-state index is 0.498. The molecule has 2 fully saturated rings. The molecule has 6 nitrogen and oxygen atoms in total. The van der Waals surface area contributed by atoms with Gasteiger partial charge in [0.15, 0.2) is 0 Å². The van der Waals surface area contributed by atoms with Crippen LogP contribution in [0, 0.1) is 11.3 Å². The van der Waals surface area contributed by atoms with Gasteiger partial charge in [0.25, 0.3) is 0 Å². The Hall–Kier alpha value is -2.98. The molecular formula is C28H32N6. The minimum Gasteiger partial charge on any atom is -0.368 e. The third-order valence-electron chi connectivity index (χ3n) is 7.87. The molecule has 3 aromatic rings. The van der Waals surface area contributed by atoms with Crippen molar-refractivity contribution in [2.24, 2.45) is 0 Å². The zero-order chi connectivity index (χ0) is 23.1. The van der Waals surface area contributed by atoms with Crippen molar-refractivity contribution in [2.75, 3.05) is 44.2 Å². The summed E-state index contributed by atoms with van der Waals surface area (Å²) < 4.78 is 0. The van der Waals surface area contributed by atoms with Crippen molar-refractivity contribution in [3.63, 3.8) is 0 Å². The summed E-state index contributed by atoms with van der Waals surface area (Å²) in [6.07, 6.45) is 2.92. The van der Waals surface area contributed by atoms with E-state index in [0.29, 0.717) is 17.6 Å². The minimum atomic E-state index is 0.498. The number of piperazine rings is 2. The highest BCUT2D eigenvalue weighted by Crippen LogP contribution is 2.32. The second kappa shape index (κ2) is 8.99. The molecule has 0 saturated carbocycles. The van der Waals surface area contributed by atoms with Crippen molar-refractivity contribution in [3.8, 4) is 6.07 Å². The number of hydrogen-bond donors (Lipinski definition) is 1. The van der Waals surface area contributed by atoms with Crippen molar-refractivity contribution in [3.05, 3.63) is 70.9 Å². The van der Waals surface area contributed by atoms with Crippen molar-refractivity contribution >= 4 is 16.6 Å². The lowest BCUT2D eigenvalue weighted by Crippen LogP contribution is -2.65. The van der Waals surface area contributed by atoms with E-state index in [-0.39, 0.29) is 0 Å². The molecule has 1 N–H and O–H groups in total. The Kier molecular flexibility index (Phi) is 5.70. The fourth-order valence-corrected chi connectivity index (χ4v) is 6.18. The van der Waals surface area contributed by atoms with Crippen LogP contribution in [0.2, 0.25) is 0 Å². The van der Waals surface area contributed by atoms with Crippen molar-refractivity contribution < 1.29 is 0 Å². The molecule has 6 heteroatoms. The van der Waals surface area contributed by atoms with Crippen molar-refractivity contribution in [1.82, 2.24) is 20.1 Å². The number of pyridine rings is 1. The third-order valence-corrected chi connectivity index (χ3v) is 7.87. The summed E-state index contributed by atoms with van der Waals surface area (Å²) in [6, 6.07) is 18.5. The van der Waals surface area contributed by atoms with E-state index in [0.717, 1.165) is 69.7 Å². The highest BCUT2D eigenvalue weighted by molar-refractivity contribution is 5.95. The smallest absolute Gasteiger partial charge is 0.101 e. The number of fused-ring (bicyclic) bond motifs is 3. The molecule has 2 aromatic carbocycles. The van der Waals surface area contributed by atoms with Crippen LogP contribution in [0.4, 0.5) is 5.69 Å². The number of nitriles is 1. The summed E-state index contributed by atoms with van der Waals surface area (Å²) in [6.45, 7) is 10.8. The molecule has 0 unspecified atom stereocenters. The number of aromatic nitrogens is 1. The van der Waals surface area contributed by atoms with E-state index in [1.54, 1.807) is 6.20 Å². The van der Waals surface area contributed by atoms with E-state index in [1.807, 2.05) is 12.1 Å². The molecule has 6 rings (SSSR count). The van der Waals surface area contributed by atoms with Crippen LogP contribution in [0.15, 0.2) is 48.7 Å². The first-order valence-electron chi connectivity index (χ1n) is 12.5. The molecular weight excluding hydrogens is 420 g/mol. The first-order valence-corrected chi connectivity index (χ1v) is 12.5. The SMILES string of the molecule is C[C@@H]1CN(c2ccc(C#N)c3ncccc23)C[C@@H]2CN(Cc3ccc4c(c3)CNCC4)CCN21. The predicted molar refractivity (Wildman–Crippen MR) is 136 cm³/mol. The molecule has 4 heterocycles. The number of anilines is 1. The predicted octanol–water partition coefficient (Wildman–Crippen LogP) is 3.15. The fraction of sp³-hybridized carbons (Fsp3) is 0.429. The van der Waals surface area contributed by atoms with Crippen LogP contribution in [0.1, 0.15) is 29.2 Å². The summed E-state index contributed by atoms with van der Waals surface area (Å²) in [5.74, 6) is 0. The Morgan fingerprint density at radius 1 is 1.09 bits per heavy atom. The standard InChI is InChI=1S/C28H32N6/c1-20-16-33(27-7-6-23(14-29)28-26(27)3-2-9-31-28)19-25-18-32(11-12-34(20)25)17-21-4-5-22-8-10-30-15-24(22)13-21/h2-7,9,13,20,25,30H,8,10-12,15-19H2,1H3/t20-,25+/m1/s1. The van der Waals surface area contributed by atoms with Gasteiger partial charge in [-0.05, 0) is 60.8 Å². The van der Waals surface area contributed by atoms with Crippen molar-refractivity contribution in [1.29, 1.82) is 5.26 Å². The zero-order valence-electron chi connectivity index (χ0n) is 19.9. The van der Waals surface area contributed by atoms with Gasteiger partial charge in [-0.25, -0.2) is 0 Å². The molecule has 2 saturated heterocycles. The largest absolute Gasteiger partial charge is 0.368 e. The van der Waals surface area contributed by atoms with Crippen LogP contribution in [-0.4, -0.2) is 66.1 Å². The van der Waals surface area contributed by atoms with E-state index in [1.165, 1.54) is 22.4 Å². The van der Waals surface area contributed by atoms with Gasteiger partial charge in [0.2, 0.25) is 0 Å². The van der Waals surface area contributed by atoms with Crippen molar-refractivity contribution in [2.45, 2.75) is 38.5 Å². The van der Waals surface area contributed by atoms with E-state index >= 15 is 0 Å². The molecule has 3 aliphatic heterocycles. The van der Waals surface area contributed by atoms with Crippen LogP contribution in [0.3, 0.4) is 0 Å². The summed E-state index contributed by atoms with van der Waals surface area (Å²) in [7, 11) is 0. The molecule has 0 spiro atoms. The number of nitrogens with one attached hydrogen (secondary N) is 1. The fourth-order valence-electron chi connectivity index (χ4n) is 6.18. The second-order valence-corrected chi connectivity index (χ2v) is 10.1. The van der Waals surface area contributed by atoms with Gasteiger partial charge in [-0.15, -0.1) is 0 Å². The number of nitrogens with zero attached hydrogens (tertiary/aromatic N) is 5. The molecule has 3 aliphatic rings. The topological polar surface area (TPSA) is 58.4 Å². The molecule has 0 radical (unpaired) electrons. The highest BCUT2D eigenvalue weighted by atomic mass is 15.4. The van der Waals surface area contributed by atoms with E-state index in [9.17, 15) is 5.26 Å². The summed E-state index contributed by atoms with van der Waals surface area (Å²) in [5.41, 5.74) is 7.07. The van der Waals surface area contributed by atoms with E-state index < -0.39 is 0 Å². The van der Waals surface area contributed by atoms with Crippen LogP contribution in [0.5, 0.6) is 0 Å². The third kappa shape index (κ3) is 3.94. The molecule has 2 atom stereocenters. The molecule has 174 valence electrons. The van der Waals surface area contributed by atoms with Gasteiger partial charge in [-0.2, -0.15) is 5.26 Å².